The highest BCUT2D eigenvalue weighted by Gasteiger charge is 2.59. The van der Waals surface area contributed by atoms with Crippen molar-refractivity contribution < 1.29 is 9.13 Å². The van der Waals surface area contributed by atoms with Gasteiger partial charge in [-0.2, -0.15) is 0 Å². The highest BCUT2D eigenvalue weighted by Crippen LogP contribution is 2.53. The molecule has 1 saturated carbocycles. The van der Waals surface area contributed by atoms with Crippen molar-refractivity contribution in [1.82, 2.24) is 0 Å². The first-order chi connectivity index (χ1) is 8.51. The number of rotatable bonds is 2. The minimum absolute atomic E-state index is 0.0376. The Balaban J connectivity index is 1.83. The first-order valence-electron chi connectivity index (χ1n) is 6.34. The van der Waals surface area contributed by atoms with Gasteiger partial charge in [0.05, 0.1) is 16.8 Å². The number of ether oxygens (including phenoxy) is 1. The van der Waals surface area contributed by atoms with Gasteiger partial charge in [0.2, 0.25) is 0 Å². The standard InChI is InChI=1S/C14H17ClFNO/c1-14(2)12(8-6-7-18-13(8)14)17-10-5-3-4-9(15)11(10)16/h3-5,8,12-13,17H,6-7H2,1-2H3. The molecule has 1 aromatic carbocycles. The van der Waals surface area contributed by atoms with Crippen molar-refractivity contribution in [2.45, 2.75) is 32.4 Å². The number of nitrogens with one attached hydrogen (secondary N) is 1. The molecule has 1 aliphatic carbocycles. The van der Waals surface area contributed by atoms with E-state index >= 15 is 0 Å². The van der Waals surface area contributed by atoms with E-state index in [9.17, 15) is 4.39 Å². The van der Waals surface area contributed by atoms with Crippen LogP contribution in [0.3, 0.4) is 0 Å². The molecule has 1 saturated heterocycles. The van der Waals surface area contributed by atoms with Crippen molar-refractivity contribution in [3.05, 3.63) is 29.0 Å². The van der Waals surface area contributed by atoms with Crippen molar-refractivity contribution in [2.75, 3.05) is 11.9 Å². The van der Waals surface area contributed by atoms with Gasteiger partial charge in [0.15, 0.2) is 5.82 Å². The minimum Gasteiger partial charge on any atom is -0.379 e. The lowest BCUT2D eigenvalue weighted by Gasteiger charge is -2.55. The Kier molecular flexibility index (Phi) is 2.79. The van der Waals surface area contributed by atoms with Crippen molar-refractivity contribution >= 4 is 17.3 Å². The van der Waals surface area contributed by atoms with Gasteiger partial charge in [-0.15, -0.1) is 0 Å². The Morgan fingerprint density at radius 3 is 3.00 bits per heavy atom. The number of anilines is 1. The maximum absolute atomic E-state index is 13.9. The second-order valence-corrected chi connectivity index (χ2v) is 6.20. The van der Waals surface area contributed by atoms with Crippen molar-refractivity contribution in [3.8, 4) is 0 Å². The molecule has 1 aromatic rings. The van der Waals surface area contributed by atoms with Crippen LogP contribution in [0.2, 0.25) is 5.02 Å². The third kappa shape index (κ3) is 1.64. The zero-order valence-corrected chi connectivity index (χ0v) is 11.3. The summed E-state index contributed by atoms with van der Waals surface area (Å²) in [4.78, 5) is 0. The van der Waals surface area contributed by atoms with Crippen LogP contribution in [0.25, 0.3) is 0 Å². The lowest BCUT2D eigenvalue weighted by molar-refractivity contribution is -0.0923. The second-order valence-electron chi connectivity index (χ2n) is 5.79. The van der Waals surface area contributed by atoms with Crippen LogP contribution in [0, 0.1) is 17.2 Å². The fourth-order valence-corrected chi connectivity index (χ4v) is 3.57. The van der Waals surface area contributed by atoms with Gasteiger partial charge >= 0.3 is 0 Å². The van der Waals surface area contributed by atoms with Gasteiger partial charge in [-0.05, 0) is 18.6 Å². The summed E-state index contributed by atoms with van der Waals surface area (Å²) >= 11 is 5.80. The quantitative estimate of drug-likeness (QED) is 0.884. The van der Waals surface area contributed by atoms with Gasteiger partial charge in [-0.1, -0.05) is 31.5 Å². The normalized spacial score (nSPS) is 32.8. The van der Waals surface area contributed by atoms with Gasteiger partial charge in [-0.25, -0.2) is 4.39 Å². The highest BCUT2D eigenvalue weighted by molar-refractivity contribution is 6.31. The van der Waals surface area contributed by atoms with E-state index in [-0.39, 0.29) is 22.3 Å². The molecule has 98 valence electrons. The maximum atomic E-state index is 13.9. The molecule has 4 heteroatoms. The van der Waals surface area contributed by atoms with Crippen LogP contribution in [0.1, 0.15) is 20.3 Å². The fourth-order valence-electron chi connectivity index (χ4n) is 3.40. The predicted octanol–water partition coefficient (Wildman–Crippen LogP) is 3.70. The van der Waals surface area contributed by atoms with E-state index in [1.807, 2.05) is 0 Å². The first-order valence-corrected chi connectivity index (χ1v) is 6.72. The summed E-state index contributed by atoms with van der Waals surface area (Å²) < 4.78 is 19.6. The van der Waals surface area contributed by atoms with Crippen LogP contribution in [0.4, 0.5) is 10.1 Å². The average molecular weight is 270 g/mol. The molecule has 2 nitrogen and oxygen atoms in total. The molecule has 0 aromatic heterocycles. The Hall–Kier alpha value is -0.800. The SMILES string of the molecule is CC1(C)C(Nc2cccc(Cl)c2F)C2CCOC21. The Morgan fingerprint density at radius 2 is 2.22 bits per heavy atom. The Bertz CT molecular complexity index is 477. The predicted molar refractivity (Wildman–Crippen MR) is 70.4 cm³/mol. The summed E-state index contributed by atoms with van der Waals surface area (Å²) in [6, 6.07) is 5.32. The molecule has 0 spiro atoms. The molecule has 0 radical (unpaired) electrons. The summed E-state index contributed by atoms with van der Waals surface area (Å²) in [6.45, 7) is 5.15. The van der Waals surface area contributed by atoms with E-state index < -0.39 is 0 Å². The summed E-state index contributed by atoms with van der Waals surface area (Å²) in [5.74, 6) is 0.121. The molecule has 3 atom stereocenters. The number of halogens is 2. The van der Waals surface area contributed by atoms with Crippen molar-refractivity contribution in [2.24, 2.45) is 11.3 Å². The third-order valence-electron chi connectivity index (χ3n) is 4.36. The average Bonchev–Trinajstić information content (AvgIpc) is 2.77. The Labute approximate surface area is 111 Å². The fraction of sp³-hybridized carbons (Fsp3) is 0.571. The van der Waals surface area contributed by atoms with Crippen molar-refractivity contribution in [3.63, 3.8) is 0 Å². The number of hydrogen-bond acceptors (Lipinski definition) is 2. The second kappa shape index (κ2) is 4.10. The van der Waals surface area contributed by atoms with Gasteiger partial charge in [0.1, 0.15) is 0 Å². The Morgan fingerprint density at radius 1 is 1.44 bits per heavy atom. The molecule has 1 aliphatic heterocycles. The molecule has 2 fully saturated rings. The highest BCUT2D eigenvalue weighted by atomic mass is 35.5. The topological polar surface area (TPSA) is 21.3 Å². The van der Waals surface area contributed by atoms with E-state index in [1.54, 1.807) is 18.2 Å². The summed E-state index contributed by atoms with van der Waals surface area (Å²) in [7, 11) is 0. The molecule has 1 heterocycles. The van der Waals surface area contributed by atoms with Gasteiger partial charge in [0.25, 0.3) is 0 Å². The van der Waals surface area contributed by atoms with Gasteiger partial charge in [0, 0.05) is 24.0 Å². The molecular weight excluding hydrogens is 253 g/mol. The largest absolute Gasteiger partial charge is 0.379 e. The van der Waals surface area contributed by atoms with Crippen LogP contribution in [0.15, 0.2) is 18.2 Å². The monoisotopic (exact) mass is 269 g/mol. The van der Waals surface area contributed by atoms with Gasteiger partial charge < -0.3 is 10.1 Å². The van der Waals surface area contributed by atoms with Crippen LogP contribution < -0.4 is 5.32 Å². The van der Waals surface area contributed by atoms with Crippen LogP contribution in [-0.2, 0) is 4.74 Å². The molecule has 18 heavy (non-hydrogen) atoms. The van der Waals surface area contributed by atoms with E-state index in [0.717, 1.165) is 13.0 Å². The minimum atomic E-state index is -0.364. The molecule has 1 N–H and O–H groups in total. The third-order valence-corrected chi connectivity index (χ3v) is 4.65. The number of fused-ring (bicyclic) bond motifs is 1. The molecule has 2 aliphatic rings. The van der Waals surface area contributed by atoms with Crippen LogP contribution in [-0.4, -0.2) is 18.8 Å². The zero-order chi connectivity index (χ0) is 12.9. The van der Waals surface area contributed by atoms with Crippen LogP contribution >= 0.6 is 11.6 Å². The lowest BCUT2D eigenvalue weighted by Crippen LogP contribution is -2.63. The molecule has 3 unspecified atom stereocenters. The summed E-state index contributed by atoms with van der Waals surface area (Å²) in [5.41, 5.74) is 0.529. The van der Waals surface area contributed by atoms with Crippen molar-refractivity contribution in [1.29, 1.82) is 0 Å². The smallest absolute Gasteiger partial charge is 0.164 e. The summed E-state index contributed by atoms with van der Waals surface area (Å²) in [6.07, 6.45) is 1.35. The first kappa shape index (κ1) is 12.2. The van der Waals surface area contributed by atoms with E-state index in [0.29, 0.717) is 17.7 Å². The van der Waals surface area contributed by atoms with Crippen LogP contribution in [0.5, 0.6) is 0 Å². The van der Waals surface area contributed by atoms with E-state index in [1.165, 1.54) is 0 Å². The van der Waals surface area contributed by atoms with E-state index in [4.69, 9.17) is 16.3 Å². The lowest BCUT2D eigenvalue weighted by atomic mass is 9.57. The number of benzene rings is 1. The maximum Gasteiger partial charge on any atom is 0.164 e. The van der Waals surface area contributed by atoms with E-state index in [2.05, 4.69) is 19.2 Å². The number of hydrogen-bond donors (Lipinski definition) is 1. The summed E-state index contributed by atoms with van der Waals surface area (Å²) in [5, 5.41) is 3.47. The zero-order valence-electron chi connectivity index (χ0n) is 10.5. The molecule has 0 amide bonds. The van der Waals surface area contributed by atoms with Gasteiger partial charge in [-0.3, -0.25) is 0 Å². The molecule has 3 rings (SSSR count). The molecule has 0 bridgehead atoms. The molecular formula is C14H17ClFNO.